The number of hydrogen-bond acceptors (Lipinski definition) is 6. The van der Waals surface area contributed by atoms with E-state index in [4.69, 9.17) is 26.3 Å². The highest BCUT2D eigenvalue weighted by Crippen LogP contribution is 2.24. The summed E-state index contributed by atoms with van der Waals surface area (Å²) in [5.41, 5.74) is 6.14. The summed E-state index contributed by atoms with van der Waals surface area (Å²) in [7, 11) is 0. The molecule has 1 saturated heterocycles. The minimum Gasteiger partial charge on any atom is -0.440 e. The van der Waals surface area contributed by atoms with E-state index >= 15 is 0 Å². The number of aromatic nitrogens is 2. The van der Waals surface area contributed by atoms with Crippen molar-refractivity contribution in [1.82, 2.24) is 15.0 Å². The van der Waals surface area contributed by atoms with Crippen LogP contribution < -0.4 is 5.73 Å². The maximum atomic E-state index is 6.14. The average Bonchev–Trinajstić information content (AvgIpc) is 3.08. The SMILES string of the molecule is NC(CN1CCCCC1)c1noc(-c2ccc(Cl)o2)n1. The number of rotatable bonds is 4. The fraction of sp³-hybridized carbons (Fsp3) is 0.538. The first-order valence-electron chi connectivity index (χ1n) is 6.79. The maximum Gasteiger partial charge on any atom is 0.293 e. The number of furan rings is 1. The highest BCUT2D eigenvalue weighted by molar-refractivity contribution is 6.28. The Kier molecular flexibility index (Phi) is 4.05. The Morgan fingerprint density at radius 3 is 2.80 bits per heavy atom. The van der Waals surface area contributed by atoms with Gasteiger partial charge in [0.2, 0.25) is 0 Å². The summed E-state index contributed by atoms with van der Waals surface area (Å²) in [6.07, 6.45) is 3.77. The van der Waals surface area contributed by atoms with Crippen LogP contribution in [0.1, 0.15) is 31.1 Å². The molecule has 6 nitrogen and oxygen atoms in total. The van der Waals surface area contributed by atoms with Gasteiger partial charge in [-0.05, 0) is 49.7 Å². The zero-order valence-electron chi connectivity index (χ0n) is 11.1. The molecule has 0 amide bonds. The summed E-state index contributed by atoms with van der Waals surface area (Å²) < 4.78 is 10.4. The van der Waals surface area contributed by atoms with E-state index in [-0.39, 0.29) is 11.3 Å². The molecule has 0 aliphatic carbocycles. The van der Waals surface area contributed by atoms with E-state index in [1.807, 2.05) is 0 Å². The van der Waals surface area contributed by atoms with Crippen molar-refractivity contribution in [3.05, 3.63) is 23.2 Å². The fourth-order valence-corrected chi connectivity index (χ4v) is 2.56. The normalized spacial score (nSPS) is 18.3. The minimum absolute atomic E-state index is 0.254. The highest BCUT2D eigenvalue weighted by Gasteiger charge is 2.20. The van der Waals surface area contributed by atoms with Crippen molar-refractivity contribution in [2.75, 3.05) is 19.6 Å². The van der Waals surface area contributed by atoms with Gasteiger partial charge in [0, 0.05) is 6.54 Å². The second-order valence-electron chi connectivity index (χ2n) is 5.03. The first-order valence-corrected chi connectivity index (χ1v) is 7.17. The van der Waals surface area contributed by atoms with Gasteiger partial charge in [0.25, 0.3) is 5.89 Å². The molecule has 2 aromatic heterocycles. The number of hydrogen-bond donors (Lipinski definition) is 1. The van der Waals surface area contributed by atoms with Crippen molar-refractivity contribution < 1.29 is 8.94 Å². The first kappa shape index (κ1) is 13.6. The fourth-order valence-electron chi connectivity index (χ4n) is 2.42. The predicted molar refractivity (Wildman–Crippen MR) is 74.2 cm³/mol. The summed E-state index contributed by atoms with van der Waals surface area (Å²) in [4.78, 5) is 6.62. The second-order valence-corrected chi connectivity index (χ2v) is 5.40. The van der Waals surface area contributed by atoms with Gasteiger partial charge in [-0.2, -0.15) is 4.98 Å². The Balaban J connectivity index is 1.66. The Morgan fingerprint density at radius 2 is 2.10 bits per heavy atom. The van der Waals surface area contributed by atoms with Crippen molar-refractivity contribution in [3.63, 3.8) is 0 Å². The monoisotopic (exact) mass is 296 g/mol. The van der Waals surface area contributed by atoms with E-state index in [1.54, 1.807) is 12.1 Å². The molecule has 0 aromatic carbocycles. The molecular weight excluding hydrogens is 280 g/mol. The van der Waals surface area contributed by atoms with Crippen molar-refractivity contribution in [3.8, 4) is 11.7 Å². The zero-order valence-corrected chi connectivity index (χ0v) is 11.8. The zero-order chi connectivity index (χ0) is 13.9. The lowest BCUT2D eigenvalue weighted by atomic mass is 10.1. The van der Waals surface area contributed by atoms with E-state index in [9.17, 15) is 0 Å². The van der Waals surface area contributed by atoms with Gasteiger partial charge in [0.1, 0.15) is 0 Å². The molecular formula is C13H17ClN4O2. The summed E-state index contributed by atoms with van der Waals surface area (Å²) in [5.74, 6) is 1.26. The van der Waals surface area contributed by atoms with Crippen LogP contribution >= 0.6 is 11.6 Å². The second kappa shape index (κ2) is 5.95. The van der Waals surface area contributed by atoms with Crippen molar-refractivity contribution in [1.29, 1.82) is 0 Å². The molecule has 0 radical (unpaired) electrons. The molecule has 0 spiro atoms. The van der Waals surface area contributed by atoms with Crippen LogP contribution in [0.15, 0.2) is 21.1 Å². The molecule has 2 aromatic rings. The highest BCUT2D eigenvalue weighted by atomic mass is 35.5. The Bertz CT molecular complexity index is 562. The standard InChI is InChI=1S/C13H17ClN4O2/c14-11-5-4-10(19-11)13-16-12(17-20-13)9(15)8-18-6-2-1-3-7-18/h4-5,9H,1-3,6-8,15H2. The molecule has 3 rings (SSSR count). The maximum absolute atomic E-state index is 6.14. The van der Waals surface area contributed by atoms with Crippen LogP contribution in [-0.2, 0) is 0 Å². The van der Waals surface area contributed by atoms with E-state index in [0.717, 1.165) is 19.6 Å². The van der Waals surface area contributed by atoms with E-state index < -0.39 is 0 Å². The summed E-state index contributed by atoms with van der Waals surface area (Å²) in [6.45, 7) is 2.93. The molecule has 1 aliphatic heterocycles. The topological polar surface area (TPSA) is 81.3 Å². The Labute approximate surface area is 121 Å². The molecule has 7 heteroatoms. The van der Waals surface area contributed by atoms with Crippen molar-refractivity contribution in [2.45, 2.75) is 25.3 Å². The largest absolute Gasteiger partial charge is 0.440 e. The third-order valence-electron chi connectivity index (χ3n) is 3.46. The van der Waals surface area contributed by atoms with Crippen LogP contribution in [-0.4, -0.2) is 34.7 Å². The van der Waals surface area contributed by atoms with E-state index in [1.165, 1.54) is 19.3 Å². The molecule has 1 unspecified atom stereocenters. The van der Waals surface area contributed by atoms with Crippen LogP contribution in [0.4, 0.5) is 0 Å². The molecule has 1 atom stereocenters. The average molecular weight is 297 g/mol. The van der Waals surface area contributed by atoms with Gasteiger partial charge >= 0.3 is 0 Å². The number of likely N-dealkylation sites (tertiary alicyclic amines) is 1. The van der Waals surface area contributed by atoms with Gasteiger partial charge < -0.3 is 19.6 Å². The smallest absolute Gasteiger partial charge is 0.293 e. The van der Waals surface area contributed by atoms with Crippen molar-refractivity contribution >= 4 is 11.6 Å². The van der Waals surface area contributed by atoms with Gasteiger partial charge in [0.05, 0.1) is 6.04 Å². The van der Waals surface area contributed by atoms with E-state index in [2.05, 4.69) is 15.0 Å². The molecule has 1 fully saturated rings. The minimum atomic E-state index is -0.254. The van der Waals surface area contributed by atoms with Crippen LogP contribution in [0, 0.1) is 0 Å². The molecule has 20 heavy (non-hydrogen) atoms. The lowest BCUT2D eigenvalue weighted by molar-refractivity contribution is 0.213. The number of nitrogens with zero attached hydrogens (tertiary/aromatic N) is 3. The van der Waals surface area contributed by atoms with Crippen LogP contribution in [0.25, 0.3) is 11.7 Å². The molecule has 3 heterocycles. The lowest BCUT2D eigenvalue weighted by Gasteiger charge is -2.27. The summed E-state index contributed by atoms with van der Waals surface area (Å²) in [5, 5.41) is 4.22. The molecule has 0 saturated carbocycles. The quantitative estimate of drug-likeness (QED) is 0.933. The summed E-state index contributed by atoms with van der Waals surface area (Å²) in [6, 6.07) is 3.07. The molecule has 2 N–H and O–H groups in total. The Morgan fingerprint density at radius 1 is 1.30 bits per heavy atom. The predicted octanol–water partition coefficient (Wildman–Crippen LogP) is 2.47. The van der Waals surface area contributed by atoms with Gasteiger partial charge in [-0.15, -0.1) is 0 Å². The molecule has 0 bridgehead atoms. The first-order chi connectivity index (χ1) is 9.72. The van der Waals surface area contributed by atoms with E-state index in [0.29, 0.717) is 17.5 Å². The molecule has 108 valence electrons. The van der Waals surface area contributed by atoms with Gasteiger partial charge in [-0.25, -0.2) is 0 Å². The third kappa shape index (κ3) is 3.03. The van der Waals surface area contributed by atoms with Crippen LogP contribution in [0.3, 0.4) is 0 Å². The van der Waals surface area contributed by atoms with Crippen molar-refractivity contribution in [2.24, 2.45) is 5.73 Å². The number of nitrogens with two attached hydrogens (primary N) is 1. The van der Waals surface area contributed by atoms with Gasteiger partial charge in [-0.3, -0.25) is 0 Å². The van der Waals surface area contributed by atoms with Gasteiger partial charge in [-0.1, -0.05) is 11.6 Å². The van der Waals surface area contributed by atoms with Gasteiger partial charge in [0.15, 0.2) is 16.8 Å². The Hall–Kier alpha value is -1.37. The van der Waals surface area contributed by atoms with Crippen LogP contribution in [0.2, 0.25) is 5.22 Å². The number of halogens is 1. The lowest BCUT2D eigenvalue weighted by Crippen LogP contribution is -2.36. The third-order valence-corrected chi connectivity index (χ3v) is 3.66. The molecule has 1 aliphatic rings. The van der Waals surface area contributed by atoms with Crippen LogP contribution in [0.5, 0.6) is 0 Å². The summed E-state index contributed by atoms with van der Waals surface area (Å²) >= 11 is 5.72. The number of piperidine rings is 1.